The smallest absolute Gasteiger partial charge is 0.405 e. The molecule has 0 aliphatic carbocycles. The summed E-state index contributed by atoms with van der Waals surface area (Å²) in [5.41, 5.74) is -6.18. The molecule has 270 valence electrons. The second-order valence-electron chi connectivity index (χ2n) is 14.3. The molecule has 0 spiro atoms. The summed E-state index contributed by atoms with van der Waals surface area (Å²) in [6.45, 7) is 9.11. The van der Waals surface area contributed by atoms with Crippen molar-refractivity contribution in [2.24, 2.45) is 0 Å². The first kappa shape index (κ1) is 39.5. The van der Waals surface area contributed by atoms with Gasteiger partial charge in [-0.2, -0.15) is 8.78 Å². The van der Waals surface area contributed by atoms with Crippen molar-refractivity contribution >= 4 is 25.4 Å². The van der Waals surface area contributed by atoms with E-state index in [1.807, 2.05) is 42.5 Å². The fraction of sp³-hybridized carbons (Fsp3) is 0.317. The van der Waals surface area contributed by atoms with Crippen LogP contribution in [0.1, 0.15) is 90.9 Å². The van der Waals surface area contributed by atoms with Crippen LogP contribution < -0.4 is 0 Å². The molecule has 6 nitrogen and oxygen atoms in total. The number of halogens is 3. The third kappa shape index (κ3) is 9.73. The normalized spacial score (nSPS) is 13.9. The summed E-state index contributed by atoms with van der Waals surface area (Å²) in [5.74, 6) is -1.50. The van der Waals surface area contributed by atoms with Crippen molar-refractivity contribution in [3.8, 4) is 0 Å². The second-order valence-corrected chi connectivity index (χ2v) is 16.2. The van der Waals surface area contributed by atoms with Gasteiger partial charge < -0.3 is 4.74 Å². The van der Waals surface area contributed by atoms with Gasteiger partial charge in [-0.15, -0.1) is 0 Å². The number of carbonyl (C=O) groups is 2. The topological polar surface area (TPSA) is 78.9 Å². The van der Waals surface area contributed by atoms with Crippen LogP contribution >= 0.6 is 7.60 Å². The Kier molecular flexibility index (Phi) is 12.0. The van der Waals surface area contributed by atoms with Gasteiger partial charge in [-0.3, -0.25) is 18.4 Å². The van der Waals surface area contributed by atoms with E-state index in [1.54, 1.807) is 24.3 Å². The summed E-state index contributed by atoms with van der Waals surface area (Å²) < 4.78 is 76.2. The number of hydrogen-bond acceptors (Lipinski definition) is 6. The number of Topliss-reactive ketones (excluding diaryl/α,β-unsaturated/α-hetero) is 1. The first-order valence-electron chi connectivity index (χ1n) is 16.5. The van der Waals surface area contributed by atoms with Gasteiger partial charge in [0.2, 0.25) is 0 Å². The van der Waals surface area contributed by atoms with E-state index in [1.165, 1.54) is 85.1 Å². The minimum atomic E-state index is -5.08. The number of ether oxygens (including phenoxy) is 1. The standard InChI is InChI=1S/C41H44F3O6P/c1-38(2,3)49-51(47,50-39(4,5)6)41(43,44)33-22-18-30(19-23-33)28-40(26-12-15-29-13-9-8-10-14-29,36(45)31-20-24-35(42)25-21-31)34-17-11-16-32(27-34)37(46)48-7/h8-25,27H,26,28H2,1-7H3. The summed E-state index contributed by atoms with van der Waals surface area (Å²) in [5, 5.41) is 0. The zero-order valence-corrected chi connectivity index (χ0v) is 30.8. The molecule has 0 saturated carbocycles. The van der Waals surface area contributed by atoms with E-state index in [9.17, 15) is 18.5 Å². The monoisotopic (exact) mass is 720 g/mol. The molecule has 1 unspecified atom stereocenters. The number of esters is 1. The fourth-order valence-corrected chi connectivity index (χ4v) is 7.85. The molecule has 0 aliphatic heterocycles. The largest absolute Gasteiger partial charge is 0.465 e. The van der Waals surface area contributed by atoms with Gasteiger partial charge in [0, 0.05) is 11.1 Å². The first-order chi connectivity index (χ1) is 23.8. The number of rotatable bonds is 13. The van der Waals surface area contributed by atoms with E-state index in [2.05, 4.69) is 0 Å². The average Bonchev–Trinajstić information content (AvgIpc) is 3.06. The highest BCUT2D eigenvalue weighted by molar-refractivity contribution is 7.54. The van der Waals surface area contributed by atoms with Crippen LogP contribution in [0.4, 0.5) is 13.2 Å². The zero-order chi connectivity index (χ0) is 37.7. The highest BCUT2D eigenvalue weighted by Gasteiger charge is 2.58. The van der Waals surface area contributed by atoms with Gasteiger partial charge in [0.25, 0.3) is 0 Å². The number of ketones is 1. The fourth-order valence-electron chi connectivity index (χ4n) is 5.68. The van der Waals surface area contributed by atoms with Crippen molar-refractivity contribution in [1.82, 2.24) is 0 Å². The molecule has 0 aromatic heterocycles. The van der Waals surface area contributed by atoms with E-state index < -0.39 is 47.2 Å². The zero-order valence-electron chi connectivity index (χ0n) is 29.9. The Morgan fingerprint density at radius 1 is 0.725 bits per heavy atom. The molecule has 10 heteroatoms. The molecule has 4 rings (SSSR count). The molecule has 0 bridgehead atoms. The van der Waals surface area contributed by atoms with Gasteiger partial charge in [-0.25, -0.2) is 9.18 Å². The van der Waals surface area contributed by atoms with Gasteiger partial charge in [0.15, 0.2) is 5.78 Å². The Labute approximate surface area is 298 Å². The number of carbonyl (C=O) groups excluding carboxylic acids is 2. The second kappa shape index (κ2) is 15.5. The molecule has 0 heterocycles. The SMILES string of the molecule is COC(=O)c1cccc(C(CC=Cc2ccccc2)(Cc2ccc(C(F)(F)P(=O)(OC(C)(C)C)OC(C)(C)C)cc2)C(=O)c2ccc(F)cc2)c1. The minimum absolute atomic E-state index is 0.00649. The van der Waals surface area contributed by atoms with Crippen LogP contribution in [0.3, 0.4) is 0 Å². The first-order valence-corrected chi connectivity index (χ1v) is 18.0. The predicted octanol–water partition coefficient (Wildman–Crippen LogP) is 11.0. The van der Waals surface area contributed by atoms with Crippen LogP contribution in [0.5, 0.6) is 0 Å². The van der Waals surface area contributed by atoms with E-state index in [0.717, 1.165) is 17.7 Å². The number of alkyl halides is 2. The Morgan fingerprint density at radius 2 is 1.31 bits per heavy atom. The van der Waals surface area contributed by atoms with Crippen LogP contribution in [-0.4, -0.2) is 30.1 Å². The van der Waals surface area contributed by atoms with Crippen LogP contribution in [-0.2, 0) is 35.8 Å². The van der Waals surface area contributed by atoms with Crippen molar-refractivity contribution in [3.05, 3.63) is 148 Å². The lowest BCUT2D eigenvalue weighted by Crippen LogP contribution is -2.38. The maximum absolute atomic E-state index is 16.2. The number of methoxy groups -OCH3 is 1. The van der Waals surface area contributed by atoms with Crippen LogP contribution in [0, 0.1) is 5.82 Å². The van der Waals surface area contributed by atoms with Crippen molar-refractivity contribution in [2.75, 3.05) is 7.11 Å². The summed E-state index contributed by atoms with van der Waals surface area (Å²) in [4.78, 5) is 27.4. The van der Waals surface area contributed by atoms with Gasteiger partial charge in [-0.05, 0) is 107 Å². The van der Waals surface area contributed by atoms with Gasteiger partial charge in [-0.1, -0.05) is 78.9 Å². The predicted molar refractivity (Wildman–Crippen MR) is 194 cm³/mol. The van der Waals surface area contributed by atoms with Crippen molar-refractivity contribution < 1.29 is 41.1 Å². The lowest BCUT2D eigenvalue weighted by molar-refractivity contribution is -0.0213. The number of benzene rings is 4. The van der Waals surface area contributed by atoms with Crippen molar-refractivity contribution in [2.45, 2.75) is 76.7 Å². The quantitative estimate of drug-likeness (QED) is 0.0777. The molecule has 4 aromatic rings. The molecular weight excluding hydrogens is 676 g/mol. The van der Waals surface area contributed by atoms with E-state index in [0.29, 0.717) is 11.1 Å². The third-order valence-corrected chi connectivity index (χ3v) is 10.4. The number of hydrogen-bond donors (Lipinski definition) is 0. The lowest BCUT2D eigenvalue weighted by atomic mass is 9.68. The van der Waals surface area contributed by atoms with Crippen LogP contribution in [0.2, 0.25) is 0 Å². The van der Waals surface area contributed by atoms with Gasteiger partial charge >= 0.3 is 19.2 Å². The van der Waals surface area contributed by atoms with Crippen LogP contribution in [0.15, 0.2) is 109 Å². The van der Waals surface area contributed by atoms with Gasteiger partial charge in [0.05, 0.1) is 29.3 Å². The summed E-state index contributed by atoms with van der Waals surface area (Å²) in [6.07, 6.45) is 3.82. The molecular formula is C41H44F3O6P. The summed E-state index contributed by atoms with van der Waals surface area (Å²) in [7, 11) is -3.83. The third-order valence-electron chi connectivity index (χ3n) is 7.89. The molecule has 4 aromatic carbocycles. The molecule has 0 amide bonds. The highest BCUT2D eigenvalue weighted by Crippen LogP contribution is 2.69. The number of allylic oxidation sites excluding steroid dienone is 1. The Hall–Kier alpha value is -4.30. The minimum Gasteiger partial charge on any atom is -0.465 e. The molecule has 0 saturated heterocycles. The molecule has 0 radical (unpaired) electrons. The Morgan fingerprint density at radius 3 is 1.86 bits per heavy atom. The highest BCUT2D eigenvalue weighted by atomic mass is 31.2. The molecule has 0 aliphatic rings. The molecule has 51 heavy (non-hydrogen) atoms. The molecule has 0 N–H and O–H groups in total. The lowest BCUT2D eigenvalue weighted by Gasteiger charge is -2.36. The summed E-state index contributed by atoms with van der Waals surface area (Å²) >= 11 is 0. The average molecular weight is 721 g/mol. The Bertz CT molecular complexity index is 1870. The molecule has 1 atom stereocenters. The summed E-state index contributed by atoms with van der Waals surface area (Å²) in [6, 6.07) is 26.3. The maximum atomic E-state index is 16.2. The van der Waals surface area contributed by atoms with E-state index in [-0.39, 0.29) is 29.8 Å². The molecule has 0 fully saturated rings. The van der Waals surface area contributed by atoms with E-state index >= 15 is 8.78 Å². The maximum Gasteiger partial charge on any atom is 0.405 e. The van der Waals surface area contributed by atoms with Crippen LogP contribution in [0.25, 0.3) is 6.08 Å². The Balaban J connectivity index is 1.87. The van der Waals surface area contributed by atoms with E-state index in [4.69, 9.17) is 13.8 Å². The van der Waals surface area contributed by atoms with Gasteiger partial charge in [0.1, 0.15) is 5.82 Å². The van der Waals surface area contributed by atoms with Crippen molar-refractivity contribution in [3.63, 3.8) is 0 Å². The van der Waals surface area contributed by atoms with Crippen molar-refractivity contribution in [1.29, 1.82) is 0 Å².